The molecule has 0 N–H and O–H groups in total. The van der Waals surface area contributed by atoms with E-state index in [9.17, 15) is 5.26 Å². The van der Waals surface area contributed by atoms with Gasteiger partial charge in [-0.25, -0.2) is 0 Å². The van der Waals surface area contributed by atoms with Gasteiger partial charge < -0.3 is 0 Å². The second-order valence-corrected chi connectivity index (χ2v) is 5.68. The lowest BCUT2D eigenvalue weighted by molar-refractivity contribution is 0.0972. The minimum atomic E-state index is -0.0872. The van der Waals surface area contributed by atoms with Gasteiger partial charge in [0.2, 0.25) is 0 Å². The van der Waals surface area contributed by atoms with Gasteiger partial charge in [0, 0.05) is 6.54 Å². The van der Waals surface area contributed by atoms with Gasteiger partial charge in [0.15, 0.2) is 0 Å². The number of nitrogens with zero attached hydrogens (tertiary/aromatic N) is 2. The van der Waals surface area contributed by atoms with Crippen LogP contribution in [0.5, 0.6) is 0 Å². The molecule has 2 rings (SSSR count). The summed E-state index contributed by atoms with van der Waals surface area (Å²) in [6.45, 7) is 6.63. The maximum Gasteiger partial charge on any atom is 0.123 e. The van der Waals surface area contributed by atoms with E-state index in [2.05, 4.69) is 36.9 Å². The van der Waals surface area contributed by atoms with E-state index in [1.54, 1.807) is 0 Å². The highest BCUT2D eigenvalue weighted by molar-refractivity contribution is 5.24. The predicted molar refractivity (Wildman–Crippen MR) is 69.4 cm³/mol. The number of rotatable bonds is 2. The molecule has 17 heavy (non-hydrogen) atoms. The molecule has 1 aliphatic heterocycles. The fourth-order valence-corrected chi connectivity index (χ4v) is 2.69. The summed E-state index contributed by atoms with van der Waals surface area (Å²) in [7, 11) is 0. The molecule has 1 aromatic carbocycles. The van der Waals surface area contributed by atoms with E-state index in [-0.39, 0.29) is 6.04 Å². The van der Waals surface area contributed by atoms with Crippen molar-refractivity contribution in [1.82, 2.24) is 4.90 Å². The molecule has 0 bridgehead atoms. The van der Waals surface area contributed by atoms with E-state index in [0.717, 1.165) is 18.7 Å². The topological polar surface area (TPSA) is 27.0 Å². The van der Waals surface area contributed by atoms with Crippen molar-refractivity contribution in [3.63, 3.8) is 0 Å². The molecule has 1 atom stereocenters. The molecule has 2 heteroatoms. The van der Waals surface area contributed by atoms with Gasteiger partial charge in [-0.15, -0.1) is 0 Å². The Balaban J connectivity index is 2.17. The first kappa shape index (κ1) is 12.1. The van der Waals surface area contributed by atoms with Crippen LogP contribution in [0, 0.1) is 16.7 Å². The molecule has 0 aliphatic carbocycles. The van der Waals surface area contributed by atoms with Crippen LogP contribution in [0.25, 0.3) is 0 Å². The van der Waals surface area contributed by atoms with Crippen molar-refractivity contribution >= 4 is 0 Å². The first-order valence-corrected chi connectivity index (χ1v) is 6.31. The number of piperidine rings is 1. The minimum absolute atomic E-state index is 0.0872. The number of hydrogen-bond donors (Lipinski definition) is 0. The van der Waals surface area contributed by atoms with Crippen LogP contribution in [0.2, 0.25) is 0 Å². The van der Waals surface area contributed by atoms with Crippen LogP contribution in [0.3, 0.4) is 0 Å². The Labute approximate surface area is 104 Å². The van der Waals surface area contributed by atoms with E-state index in [1.807, 2.05) is 18.2 Å². The van der Waals surface area contributed by atoms with Crippen molar-refractivity contribution < 1.29 is 0 Å². The van der Waals surface area contributed by atoms with Crippen molar-refractivity contribution in [2.45, 2.75) is 32.7 Å². The summed E-state index contributed by atoms with van der Waals surface area (Å²) in [6.07, 6.45) is 2.45. The van der Waals surface area contributed by atoms with Crippen LogP contribution in [0.15, 0.2) is 30.3 Å². The number of nitriles is 1. The van der Waals surface area contributed by atoms with Crippen LogP contribution in [0.4, 0.5) is 0 Å². The summed E-state index contributed by atoms with van der Waals surface area (Å²) in [6, 6.07) is 12.5. The summed E-state index contributed by atoms with van der Waals surface area (Å²) < 4.78 is 0. The Morgan fingerprint density at radius 3 is 2.59 bits per heavy atom. The van der Waals surface area contributed by atoms with Crippen molar-refractivity contribution in [3.8, 4) is 6.07 Å². The first-order chi connectivity index (χ1) is 8.12. The van der Waals surface area contributed by atoms with Crippen molar-refractivity contribution in [2.75, 3.05) is 13.1 Å². The average molecular weight is 228 g/mol. The quantitative estimate of drug-likeness (QED) is 0.776. The van der Waals surface area contributed by atoms with Gasteiger partial charge in [0.05, 0.1) is 6.07 Å². The predicted octanol–water partition coefficient (Wildman–Crippen LogP) is 3.37. The fourth-order valence-electron chi connectivity index (χ4n) is 2.69. The van der Waals surface area contributed by atoms with Gasteiger partial charge in [-0.05, 0) is 30.4 Å². The molecule has 1 heterocycles. The molecule has 0 saturated carbocycles. The van der Waals surface area contributed by atoms with Crippen LogP contribution in [-0.2, 0) is 0 Å². The van der Waals surface area contributed by atoms with E-state index < -0.39 is 0 Å². The first-order valence-electron chi connectivity index (χ1n) is 6.31. The van der Waals surface area contributed by atoms with E-state index in [0.29, 0.717) is 5.41 Å². The molecular weight excluding hydrogens is 208 g/mol. The zero-order valence-electron chi connectivity index (χ0n) is 10.7. The van der Waals surface area contributed by atoms with Gasteiger partial charge in [-0.3, -0.25) is 4.90 Å². The largest absolute Gasteiger partial charge is 0.284 e. The molecule has 0 radical (unpaired) electrons. The molecule has 0 spiro atoms. The number of hydrogen-bond acceptors (Lipinski definition) is 2. The second-order valence-electron chi connectivity index (χ2n) is 5.68. The van der Waals surface area contributed by atoms with Crippen molar-refractivity contribution in [2.24, 2.45) is 5.41 Å². The van der Waals surface area contributed by atoms with Crippen molar-refractivity contribution in [1.29, 1.82) is 5.26 Å². The Morgan fingerprint density at radius 1 is 1.29 bits per heavy atom. The van der Waals surface area contributed by atoms with E-state index in [4.69, 9.17) is 0 Å². The van der Waals surface area contributed by atoms with Gasteiger partial charge in [-0.1, -0.05) is 44.2 Å². The average Bonchev–Trinajstić information content (AvgIpc) is 2.30. The monoisotopic (exact) mass is 228 g/mol. The van der Waals surface area contributed by atoms with Crippen LogP contribution in [-0.4, -0.2) is 18.0 Å². The minimum Gasteiger partial charge on any atom is -0.284 e. The third-order valence-corrected chi connectivity index (χ3v) is 3.53. The Bertz CT molecular complexity index is 403. The summed E-state index contributed by atoms with van der Waals surface area (Å²) in [5, 5.41) is 9.41. The Hall–Kier alpha value is -1.33. The Kier molecular flexibility index (Phi) is 3.49. The van der Waals surface area contributed by atoms with Crippen LogP contribution in [0.1, 0.15) is 38.3 Å². The molecule has 1 saturated heterocycles. The SMILES string of the molecule is CC1(C)CCCN(C(C#N)c2ccccc2)C1. The summed E-state index contributed by atoms with van der Waals surface area (Å²) >= 11 is 0. The molecule has 90 valence electrons. The molecule has 1 fully saturated rings. The third-order valence-electron chi connectivity index (χ3n) is 3.53. The van der Waals surface area contributed by atoms with Crippen LogP contribution >= 0.6 is 0 Å². The molecule has 1 aliphatic rings. The van der Waals surface area contributed by atoms with E-state index in [1.165, 1.54) is 12.8 Å². The molecular formula is C15H20N2. The van der Waals surface area contributed by atoms with Gasteiger partial charge in [0.1, 0.15) is 6.04 Å². The highest BCUT2D eigenvalue weighted by atomic mass is 15.2. The lowest BCUT2D eigenvalue weighted by Gasteiger charge is -2.40. The highest BCUT2D eigenvalue weighted by Crippen LogP contribution is 2.33. The van der Waals surface area contributed by atoms with Gasteiger partial charge >= 0.3 is 0 Å². The maximum absolute atomic E-state index is 9.41. The summed E-state index contributed by atoms with van der Waals surface area (Å²) in [5.74, 6) is 0. The number of benzene rings is 1. The normalized spacial score (nSPS) is 21.7. The maximum atomic E-state index is 9.41. The third kappa shape index (κ3) is 2.87. The zero-order chi connectivity index (χ0) is 12.3. The summed E-state index contributed by atoms with van der Waals surface area (Å²) in [4.78, 5) is 2.32. The lowest BCUT2D eigenvalue weighted by atomic mass is 9.83. The number of likely N-dealkylation sites (tertiary alicyclic amines) is 1. The fraction of sp³-hybridized carbons (Fsp3) is 0.533. The zero-order valence-corrected chi connectivity index (χ0v) is 10.7. The standard InChI is InChI=1S/C15H20N2/c1-15(2)9-6-10-17(12-15)14(11-16)13-7-4-3-5-8-13/h3-5,7-8,14H,6,9-10,12H2,1-2H3. The van der Waals surface area contributed by atoms with Gasteiger partial charge in [-0.2, -0.15) is 5.26 Å². The highest BCUT2D eigenvalue weighted by Gasteiger charge is 2.31. The Morgan fingerprint density at radius 2 is 2.00 bits per heavy atom. The van der Waals surface area contributed by atoms with Crippen LogP contribution < -0.4 is 0 Å². The molecule has 2 nitrogen and oxygen atoms in total. The molecule has 0 aromatic heterocycles. The summed E-state index contributed by atoms with van der Waals surface area (Å²) in [5.41, 5.74) is 1.45. The molecule has 0 amide bonds. The molecule has 1 aromatic rings. The smallest absolute Gasteiger partial charge is 0.123 e. The molecule has 1 unspecified atom stereocenters. The van der Waals surface area contributed by atoms with E-state index >= 15 is 0 Å². The second kappa shape index (κ2) is 4.89. The van der Waals surface area contributed by atoms with Crippen molar-refractivity contribution in [3.05, 3.63) is 35.9 Å². The lowest BCUT2D eigenvalue weighted by Crippen LogP contribution is -2.41. The van der Waals surface area contributed by atoms with Gasteiger partial charge in [0.25, 0.3) is 0 Å².